The number of hydrogen-bond acceptors (Lipinski definition) is 5. The second-order valence-electron chi connectivity index (χ2n) is 5.85. The summed E-state index contributed by atoms with van der Waals surface area (Å²) in [5.74, 6) is 0.507. The lowest BCUT2D eigenvalue weighted by molar-refractivity contribution is -0.384. The predicted octanol–water partition coefficient (Wildman–Crippen LogP) is 2.92. The van der Waals surface area contributed by atoms with Crippen molar-refractivity contribution in [2.75, 3.05) is 31.7 Å². The molecule has 1 aliphatic rings. The molecule has 0 spiro atoms. The molecule has 2 heterocycles. The predicted molar refractivity (Wildman–Crippen MR) is 85.3 cm³/mol. The smallest absolute Gasteiger partial charge is 0.270 e. The third-order valence-electron chi connectivity index (χ3n) is 4.08. The molecule has 0 N–H and O–H groups in total. The number of benzene rings is 1. The van der Waals surface area contributed by atoms with Gasteiger partial charge in [0.1, 0.15) is 0 Å². The van der Waals surface area contributed by atoms with E-state index in [0.717, 1.165) is 48.5 Å². The summed E-state index contributed by atoms with van der Waals surface area (Å²) < 4.78 is 5.43. The maximum absolute atomic E-state index is 11.0. The number of aromatic nitrogens is 1. The zero-order valence-electron chi connectivity index (χ0n) is 12.8. The molecule has 6 nitrogen and oxygen atoms in total. The van der Waals surface area contributed by atoms with E-state index in [4.69, 9.17) is 4.74 Å². The van der Waals surface area contributed by atoms with Gasteiger partial charge in [0.2, 0.25) is 0 Å². The van der Waals surface area contributed by atoms with Crippen LogP contribution in [0.25, 0.3) is 10.9 Å². The van der Waals surface area contributed by atoms with Gasteiger partial charge in [0.25, 0.3) is 5.69 Å². The summed E-state index contributed by atoms with van der Waals surface area (Å²) in [6, 6.07) is 6.82. The van der Waals surface area contributed by atoms with Crippen LogP contribution in [0.5, 0.6) is 0 Å². The highest BCUT2D eigenvalue weighted by Crippen LogP contribution is 2.30. The van der Waals surface area contributed by atoms with E-state index in [1.165, 1.54) is 6.07 Å². The van der Waals surface area contributed by atoms with E-state index >= 15 is 0 Å². The maximum atomic E-state index is 11.0. The van der Waals surface area contributed by atoms with Crippen LogP contribution in [0, 0.1) is 23.0 Å². The van der Waals surface area contributed by atoms with E-state index < -0.39 is 0 Å². The van der Waals surface area contributed by atoms with E-state index in [1.807, 2.05) is 20.0 Å². The fourth-order valence-corrected chi connectivity index (χ4v) is 2.97. The third-order valence-corrected chi connectivity index (χ3v) is 4.08. The molecule has 1 unspecified atom stereocenters. The van der Waals surface area contributed by atoms with Gasteiger partial charge in [-0.1, -0.05) is 0 Å². The third kappa shape index (κ3) is 2.87. The molecule has 1 saturated heterocycles. The van der Waals surface area contributed by atoms with Gasteiger partial charge in [-0.15, -0.1) is 0 Å². The Hall–Kier alpha value is -2.21. The number of fused-ring (bicyclic) bond motifs is 1. The van der Waals surface area contributed by atoms with Crippen LogP contribution in [0.15, 0.2) is 24.3 Å². The van der Waals surface area contributed by atoms with Crippen molar-refractivity contribution in [3.63, 3.8) is 0 Å². The van der Waals surface area contributed by atoms with Crippen LogP contribution >= 0.6 is 0 Å². The minimum Gasteiger partial charge on any atom is -0.381 e. The summed E-state index contributed by atoms with van der Waals surface area (Å²) in [4.78, 5) is 17.3. The number of anilines is 1. The highest BCUT2D eigenvalue weighted by molar-refractivity contribution is 5.93. The Balaban J connectivity index is 2.01. The van der Waals surface area contributed by atoms with Crippen LogP contribution in [0.2, 0.25) is 0 Å². The number of nitro benzene ring substituents is 1. The molecule has 0 radical (unpaired) electrons. The minimum absolute atomic E-state index is 0.0944. The van der Waals surface area contributed by atoms with E-state index in [2.05, 4.69) is 9.88 Å². The second kappa shape index (κ2) is 5.88. The SMILES string of the molecule is Cc1cc(N(C)CC2CCOC2)c2cc([N+](=O)[O-])ccc2n1. The van der Waals surface area contributed by atoms with Crippen LogP contribution < -0.4 is 4.90 Å². The fourth-order valence-electron chi connectivity index (χ4n) is 2.97. The molecule has 3 rings (SSSR count). The van der Waals surface area contributed by atoms with Crippen molar-refractivity contribution in [3.05, 3.63) is 40.1 Å². The molecule has 0 amide bonds. The van der Waals surface area contributed by atoms with Crippen molar-refractivity contribution in [1.82, 2.24) is 4.98 Å². The second-order valence-corrected chi connectivity index (χ2v) is 5.85. The molecule has 1 aromatic carbocycles. The Morgan fingerprint density at radius 2 is 2.27 bits per heavy atom. The Labute approximate surface area is 128 Å². The Kier molecular flexibility index (Phi) is 3.94. The van der Waals surface area contributed by atoms with Gasteiger partial charge in [-0.05, 0) is 25.5 Å². The molecule has 1 aromatic heterocycles. The molecule has 1 aliphatic heterocycles. The van der Waals surface area contributed by atoms with Gasteiger partial charge in [0.15, 0.2) is 0 Å². The quantitative estimate of drug-likeness (QED) is 0.641. The van der Waals surface area contributed by atoms with E-state index in [1.54, 1.807) is 12.1 Å². The van der Waals surface area contributed by atoms with Crippen molar-refractivity contribution in [1.29, 1.82) is 0 Å². The summed E-state index contributed by atoms with van der Waals surface area (Å²) in [7, 11) is 2.02. The van der Waals surface area contributed by atoms with Crippen LogP contribution in [-0.4, -0.2) is 36.7 Å². The fraction of sp³-hybridized carbons (Fsp3) is 0.438. The molecule has 2 aromatic rings. The molecule has 0 aliphatic carbocycles. The number of non-ortho nitro benzene ring substituents is 1. The van der Waals surface area contributed by atoms with Gasteiger partial charge in [-0.2, -0.15) is 0 Å². The normalized spacial score (nSPS) is 17.8. The molecule has 1 fully saturated rings. The van der Waals surface area contributed by atoms with Gasteiger partial charge in [0.05, 0.1) is 17.0 Å². The molecule has 6 heteroatoms. The van der Waals surface area contributed by atoms with Crippen molar-refractivity contribution in [3.8, 4) is 0 Å². The molecular formula is C16H19N3O3. The average Bonchev–Trinajstić information content (AvgIpc) is 2.98. The molecular weight excluding hydrogens is 282 g/mol. The summed E-state index contributed by atoms with van der Waals surface area (Å²) in [5.41, 5.74) is 2.77. The number of nitro groups is 1. The average molecular weight is 301 g/mol. The number of rotatable bonds is 4. The number of nitrogens with zero attached hydrogens (tertiary/aromatic N) is 3. The van der Waals surface area contributed by atoms with E-state index in [0.29, 0.717) is 5.92 Å². The lowest BCUT2D eigenvalue weighted by Crippen LogP contribution is -2.26. The standard InChI is InChI=1S/C16H19N3O3/c1-11-7-16(18(2)9-12-5-6-22-10-12)14-8-13(19(20)21)3-4-15(14)17-11/h3-4,7-8,12H,5-6,9-10H2,1-2H3. The molecule has 0 saturated carbocycles. The summed E-state index contributed by atoms with van der Waals surface area (Å²) in [6.45, 7) is 4.42. The van der Waals surface area contributed by atoms with Crippen LogP contribution in [-0.2, 0) is 4.74 Å². The minimum atomic E-state index is -0.367. The first kappa shape index (κ1) is 14.7. The zero-order valence-corrected chi connectivity index (χ0v) is 12.8. The van der Waals surface area contributed by atoms with E-state index in [-0.39, 0.29) is 10.6 Å². The van der Waals surface area contributed by atoms with Crippen LogP contribution in [0.1, 0.15) is 12.1 Å². The number of hydrogen-bond donors (Lipinski definition) is 0. The van der Waals surface area contributed by atoms with Crippen molar-refractivity contribution < 1.29 is 9.66 Å². The van der Waals surface area contributed by atoms with Gasteiger partial charge in [-0.25, -0.2) is 0 Å². The summed E-state index contributed by atoms with van der Waals surface area (Å²) >= 11 is 0. The topological polar surface area (TPSA) is 68.5 Å². The number of pyridine rings is 1. The lowest BCUT2D eigenvalue weighted by Gasteiger charge is -2.24. The number of aryl methyl sites for hydroxylation is 1. The van der Waals surface area contributed by atoms with E-state index in [9.17, 15) is 10.1 Å². The van der Waals surface area contributed by atoms with Gasteiger partial charge < -0.3 is 9.64 Å². The zero-order chi connectivity index (χ0) is 15.7. The van der Waals surface area contributed by atoms with Gasteiger partial charge >= 0.3 is 0 Å². The van der Waals surface area contributed by atoms with Crippen molar-refractivity contribution >= 4 is 22.3 Å². The first-order valence-corrected chi connectivity index (χ1v) is 7.39. The number of ether oxygens (including phenoxy) is 1. The molecule has 1 atom stereocenters. The van der Waals surface area contributed by atoms with Crippen molar-refractivity contribution in [2.45, 2.75) is 13.3 Å². The van der Waals surface area contributed by atoms with Crippen molar-refractivity contribution in [2.24, 2.45) is 5.92 Å². The lowest BCUT2D eigenvalue weighted by atomic mass is 10.1. The highest BCUT2D eigenvalue weighted by Gasteiger charge is 2.20. The van der Waals surface area contributed by atoms with Crippen LogP contribution in [0.3, 0.4) is 0 Å². The molecule has 0 bridgehead atoms. The molecule has 116 valence electrons. The monoisotopic (exact) mass is 301 g/mol. The molecule has 22 heavy (non-hydrogen) atoms. The maximum Gasteiger partial charge on any atom is 0.270 e. The first-order chi connectivity index (χ1) is 10.5. The largest absolute Gasteiger partial charge is 0.381 e. The van der Waals surface area contributed by atoms with Crippen LogP contribution in [0.4, 0.5) is 11.4 Å². The Bertz CT molecular complexity index is 711. The Morgan fingerprint density at radius 3 is 2.95 bits per heavy atom. The Morgan fingerprint density at radius 1 is 1.45 bits per heavy atom. The summed E-state index contributed by atoms with van der Waals surface area (Å²) in [5, 5.41) is 11.8. The highest BCUT2D eigenvalue weighted by atomic mass is 16.6. The first-order valence-electron chi connectivity index (χ1n) is 7.39. The van der Waals surface area contributed by atoms with Gasteiger partial charge in [-0.3, -0.25) is 15.1 Å². The summed E-state index contributed by atoms with van der Waals surface area (Å²) in [6.07, 6.45) is 1.06. The van der Waals surface area contributed by atoms with Gasteiger partial charge in [0, 0.05) is 55.0 Å².